The first kappa shape index (κ1) is 16.7. The van der Waals surface area contributed by atoms with Gasteiger partial charge in [0.05, 0.1) is 5.02 Å². The number of rotatable bonds is 4. The van der Waals surface area contributed by atoms with Gasteiger partial charge < -0.3 is 4.42 Å². The van der Waals surface area contributed by atoms with E-state index < -0.39 is 5.91 Å². The number of nitrogens with zero attached hydrogens (tertiary/aromatic N) is 1. The first-order valence-corrected chi connectivity index (χ1v) is 8.50. The first-order chi connectivity index (χ1) is 11.5. The second-order valence-corrected chi connectivity index (χ2v) is 6.58. The first-order valence-electron chi connectivity index (χ1n) is 7.31. The summed E-state index contributed by atoms with van der Waals surface area (Å²) in [6.07, 6.45) is 0.596. The van der Waals surface area contributed by atoms with E-state index in [4.69, 9.17) is 16.0 Å². The zero-order valence-electron chi connectivity index (χ0n) is 13.0. The van der Waals surface area contributed by atoms with Crippen LogP contribution in [0.4, 0.5) is 4.39 Å². The van der Waals surface area contributed by atoms with Crippen LogP contribution in [0.2, 0.25) is 5.02 Å². The quantitative estimate of drug-likeness (QED) is 0.514. The Morgan fingerprint density at radius 1 is 1.38 bits per heavy atom. The van der Waals surface area contributed by atoms with Crippen LogP contribution in [0.3, 0.4) is 0 Å². The van der Waals surface area contributed by atoms with Gasteiger partial charge in [0.2, 0.25) is 0 Å². The van der Waals surface area contributed by atoms with Gasteiger partial charge >= 0.3 is 0 Å². The molecule has 0 aliphatic heterocycles. The van der Waals surface area contributed by atoms with Gasteiger partial charge in [-0.15, -0.1) is 11.3 Å². The van der Waals surface area contributed by atoms with E-state index >= 15 is 0 Å². The van der Waals surface area contributed by atoms with E-state index in [1.54, 1.807) is 12.1 Å². The summed E-state index contributed by atoms with van der Waals surface area (Å²) in [5.41, 5.74) is 3.12. The number of aryl methyl sites for hydroxylation is 1. The number of thiophene rings is 1. The van der Waals surface area contributed by atoms with Gasteiger partial charge in [0.1, 0.15) is 27.9 Å². The minimum atomic E-state index is -0.434. The van der Waals surface area contributed by atoms with Gasteiger partial charge in [-0.3, -0.25) is 4.79 Å². The van der Waals surface area contributed by atoms with Gasteiger partial charge in [-0.1, -0.05) is 18.5 Å². The van der Waals surface area contributed by atoms with Crippen molar-refractivity contribution in [3.63, 3.8) is 0 Å². The zero-order valence-corrected chi connectivity index (χ0v) is 14.6. The third-order valence-electron chi connectivity index (χ3n) is 3.45. The van der Waals surface area contributed by atoms with E-state index in [-0.39, 0.29) is 5.82 Å². The van der Waals surface area contributed by atoms with Crippen molar-refractivity contribution in [3.05, 3.63) is 57.6 Å². The van der Waals surface area contributed by atoms with Crippen LogP contribution in [-0.4, -0.2) is 11.6 Å². The Labute approximate surface area is 146 Å². The van der Waals surface area contributed by atoms with Crippen molar-refractivity contribution < 1.29 is 13.6 Å². The lowest BCUT2D eigenvalue weighted by Crippen LogP contribution is -2.19. The predicted molar refractivity (Wildman–Crippen MR) is 94.5 cm³/mol. The van der Waals surface area contributed by atoms with Crippen LogP contribution in [0.1, 0.15) is 34.5 Å². The van der Waals surface area contributed by atoms with E-state index in [1.165, 1.54) is 12.1 Å². The second-order valence-electron chi connectivity index (χ2n) is 5.15. The topological polar surface area (TPSA) is 54.6 Å². The molecule has 0 fully saturated rings. The number of nitrogens with one attached hydrogen (secondary N) is 1. The van der Waals surface area contributed by atoms with Gasteiger partial charge in [0.15, 0.2) is 0 Å². The lowest BCUT2D eigenvalue weighted by molar-refractivity contribution is 0.0959. The van der Waals surface area contributed by atoms with Crippen molar-refractivity contribution in [1.82, 2.24) is 5.43 Å². The largest absolute Gasteiger partial charge is 0.460 e. The molecule has 0 saturated heterocycles. The summed E-state index contributed by atoms with van der Waals surface area (Å²) < 4.78 is 19.4. The molecule has 1 N–H and O–H groups in total. The molecule has 0 aliphatic rings. The lowest BCUT2D eigenvalue weighted by atomic mass is 10.2. The Bertz CT molecular complexity index is 945. The number of amides is 1. The van der Waals surface area contributed by atoms with Crippen LogP contribution in [0.25, 0.3) is 10.1 Å². The molecule has 3 aromatic rings. The van der Waals surface area contributed by atoms with E-state index in [0.29, 0.717) is 37.9 Å². The molecule has 0 atom stereocenters. The Morgan fingerprint density at radius 3 is 2.83 bits per heavy atom. The summed E-state index contributed by atoms with van der Waals surface area (Å²) in [4.78, 5) is 12.7. The predicted octanol–water partition coefficient (Wildman–Crippen LogP) is 5.14. The third-order valence-corrected chi connectivity index (χ3v) is 5.11. The van der Waals surface area contributed by atoms with Crippen molar-refractivity contribution in [2.75, 3.05) is 0 Å². The minimum absolute atomic E-state index is 0.298. The molecule has 0 saturated carbocycles. The highest BCUT2D eigenvalue weighted by Crippen LogP contribution is 2.35. The second kappa shape index (κ2) is 6.75. The van der Waals surface area contributed by atoms with Crippen LogP contribution in [-0.2, 0) is 0 Å². The summed E-state index contributed by atoms with van der Waals surface area (Å²) >= 11 is 7.36. The number of fused-ring (bicyclic) bond motifs is 1. The summed E-state index contributed by atoms with van der Waals surface area (Å²) in [7, 11) is 0. The standard InChI is InChI=1S/C17H14ClFN2O2S/c1-3-12(13-7-4-9(2)23-13)20-21-17(22)16-15(18)11-6-5-10(19)8-14(11)24-16/h4-8H,3H2,1-2H3,(H,21,22)/b20-12-. The van der Waals surface area contributed by atoms with E-state index in [1.807, 2.05) is 19.9 Å². The highest BCUT2D eigenvalue weighted by Gasteiger charge is 2.17. The molecule has 4 nitrogen and oxygen atoms in total. The minimum Gasteiger partial charge on any atom is -0.460 e. The third kappa shape index (κ3) is 3.20. The molecule has 7 heteroatoms. The number of hydrogen-bond donors (Lipinski definition) is 1. The molecule has 0 bridgehead atoms. The molecule has 3 rings (SSSR count). The fraction of sp³-hybridized carbons (Fsp3) is 0.176. The van der Waals surface area contributed by atoms with E-state index in [9.17, 15) is 9.18 Å². The van der Waals surface area contributed by atoms with Gasteiger partial charge in [-0.25, -0.2) is 9.82 Å². The van der Waals surface area contributed by atoms with Gasteiger partial charge in [-0.2, -0.15) is 5.10 Å². The zero-order chi connectivity index (χ0) is 17.3. The lowest BCUT2D eigenvalue weighted by Gasteiger charge is -2.02. The van der Waals surface area contributed by atoms with E-state index in [0.717, 1.165) is 17.1 Å². The molecular formula is C17H14ClFN2O2S. The van der Waals surface area contributed by atoms with Gasteiger partial charge in [-0.05, 0) is 43.7 Å². The Morgan fingerprint density at radius 2 is 2.17 bits per heavy atom. The maximum Gasteiger partial charge on any atom is 0.283 e. The highest BCUT2D eigenvalue weighted by molar-refractivity contribution is 7.21. The van der Waals surface area contributed by atoms with Crippen molar-refractivity contribution in [3.8, 4) is 0 Å². The fourth-order valence-corrected chi connectivity index (χ4v) is 3.68. The van der Waals surface area contributed by atoms with Gasteiger partial charge in [0.25, 0.3) is 5.91 Å². The average Bonchev–Trinajstić information content (AvgIpc) is 3.12. The number of carbonyl (C=O) groups is 1. The van der Waals surface area contributed by atoms with Crippen LogP contribution < -0.4 is 5.43 Å². The summed E-state index contributed by atoms with van der Waals surface area (Å²) in [5, 5.41) is 5.08. The maximum atomic E-state index is 13.3. The molecular weight excluding hydrogens is 351 g/mol. The van der Waals surface area contributed by atoms with Crippen LogP contribution in [0, 0.1) is 12.7 Å². The molecule has 2 heterocycles. The van der Waals surface area contributed by atoms with Crippen molar-refractivity contribution in [2.45, 2.75) is 20.3 Å². The van der Waals surface area contributed by atoms with E-state index in [2.05, 4.69) is 10.5 Å². The van der Waals surface area contributed by atoms with Crippen LogP contribution >= 0.6 is 22.9 Å². The Kier molecular flexibility index (Phi) is 4.69. The van der Waals surface area contributed by atoms with Crippen LogP contribution in [0.5, 0.6) is 0 Å². The molecule has 24 heavy (non-hydrogen) atoms. The summed E-state index contributed by atoms with van der Waals surface area (Å²) in [6.45, 7) is 3.75. The average molecular weight is 365 g/mol. The molecule has 124 valence electrons. The fourth-order valence-electron chi connectivity index (χ4n) is 2.25. The number of carbonyl (C=O) groups excluding carboxylic acids is 1. The Balaban J connectivity index is 1.87. The molecule has 0 aliphatic carbocycles. The number of furan rings is 1. The molecule has 1 aromatic carbocycles. The molecule has 1 amide bonds. The smallest absolute Gasteiger partial charge is 0.283 e. The number of halogens is 2. The number of hydrogen-bond acceptors (Lipinski definition) is 4. The normalized spacial score (nSPS) is 11.9. The Hall–Kier alpha value is -2.18. The monoisotopic (exact) mass is 364 g/mol. The number of benzene rings is 1. The van der Waals surface area contributed by atoms with Crippen molar-refractivity contribution in [1.29, 1.82) is 0 Å². The van der Waals surface area contributed by atoms with Crippen molar-refractivity contribution >= 4 is 44.6 Å². The van der Waals surface area contributed by atoms with Crippen LogP contribution in [0.15, 0.2) is 39.9 Å². The van der Waals surface area contributed by atoms with Gasteiger partial charge in [0, 0.05) is 10.1 Å². The van der Waals surface area contributed by atoms with Crippen molar-refractivity contribution in [2.24, 2.45) is 5.10 Å². The SMILES string of the molecule is CC/C(=N/NC(=O)c1sc2cc(F)ccc2c1Cl)c1ccc(C)o1. The molecule has 0 radical (unpaired) electrons. The maximum absolute atomic E-state index is 13.3. The highest BCUT2D eigenvalue weighted by atomic mass is 35.5. The summed E-state index contributed by atoms with van der Waals surface area (Å²) in [6, 6.07) is 7.87. The molecule has 2 aromatic heterocycles. The number of hydrazone groups is 1. The summed E-state index contributed by atoms with van der Waals surface area (Å²) in [5.74, 6) is 0.578. The molecule has 0 unspecified atom stereocenters. The molecule has 0 spiro atoms.